The second-order valence-electron chi connectivity index (χ2n) is 5.13. The Morgan fingerprint density at radius 1 is 1.26 bits per heavy atom. The molecular formula is C14H15N7O2. The number of nitrogens with one attached hydrogen (secondary N) is 1. The van der Waals surface area contributed by atoms with E-state index in [-0.39, 0.29) is 18.2 Å². The number of carbonyl (C=O) groups excluding carboxylic acids is 2. The van der Waals surface area contributed by atoms with E-state index in [1.54, 1.807) is 29.9 Å². The van der Waals surface area contributed by atoms with Crippen LogP contribution >= 0.6 is 0 Å². The molecule has 0 saturated heterocycles. The Labute approximate surface area is 132 Å². The number of tetrazole rings is 1. The fourth-order valence-electron chi connectivity index (χ4n) is 2.25. The van der Waals surface area contributed by atoms with Crippen LogP contribution in [0.5, 0.6) is 0 Å². The highest BCUT2D eigenvalue weighted by atomic mass is 16.2. The standard InChI is InChI=1S/C14H15N7O2/c1-20-12(22)7-6-11(17-20)14(23)15-10-5-3-4-9(8-10)13-16-18-19-21(13)2/h3-5,8H,6-7H2,1-2H3,(H,15,23). The van der Waals surface area contributed by atoms with E-state index in [9.17, 15) is 9.59 Å². The summed E-state index contributed by atoms with van der Waals surface area (Å²) in [5.74, 6) is 0.178. The number of hydrogen-bond donors (Lipinski definition) is 1. The van der Waals surface area contributed by atoms with Crippen molar-refractivity contribution < 1.29 is 9.59 Å². The van der Waals surface area contributed by atoms with E-state index in [0.717, 1.165) is 5.56 Å². The predicted octanol–water partition coefficient (Wildman–Crippen LogP) is 0.424. The van der Waals surface area contributed by atoms with Crippen molar-refractivity contribution in [2.45, 2.75) is 12.8 Å². The third-order valence-corrected chi connectivity index (χ3v) is 3.47. The summed E-state index contributed by atoms with van der Waals surface area (Å²) in [5, 5.41) is 19.3. The highest BCUT2D eigenvalue weighted by Gasteiger charge is 2.22. The van der Waals surface area contributed by atoms with Gasteiger partial charge in [-0.25, -0.2) is 9.69 Å². The number of nitrogens with zero attached hydrogens (tertiary/aromatic N) is 6. The van der Waals surface area contributed by atoms with Crippen LogP contribution < -0.4 is 5.32 Å². The number of aryl methyl sites for hydroxylation is 1. The van der Waals surface area contributed by atoms with Gasteiger partial charge in [-0.15, -0.1) is 5.10 Å². The highest BCUT2D eigenvalue weighted by Crippen LogP contribution is 2.20. The topological polar surface area (TPSA) is 105 Å². The highest BCUT2D eigenvalue weighted by molar-refractivity contribution is 6.43. The molecule has 2 aromatic rings. The largest absolute Gasteiger partial charge is 0.321 e. The van der Waals surface area contributed by atoms with Crippen LogP contribution in [0.4, 0.5) is 5.69 Å². The van der Waals surface area contributed by atoms with Gasteiger partial charge in [0.2, 0.25) is 5.91 Å². The van der Waals surface area contributed by atoms with Crippen molar-refractivity contribution in [3.8, 4) is 11.4 Å². The SMILES string of the molecule is CN1N=C(C(=O)Nc2cccc(-c3nnnn3C)c2)CCC1=O. The van der Waals surface area contributed by atoms with Crippen molar-refractivity contribution in [3.63, 3.8) is 0 Å². The number of carbonyl (C=O) groups is 2. The molecule has 2 heterocycles. The van der Waals surface area contributed by atoms with Gasteiger partial charge in [0.1, 0.15) is 5.71 Å². The lowest BCUT2D eigenvalue weighted by molar-refractivity contribution is -0.130. The molecule has 0 spiro atoms. The van der Waals surface area contributed by atoms with Gasteiger partial charge in [0.15, 0.2) is 5.82 Å². The van der Waals surface area contributed by atoms with Gasteiger partial charge in [0.05, 0.1) is 0 Å². The fraction of sp³-hybridized carbons (Fsp3) is 0.286. The van der Waals surface area contributed by atoms with Gasteiger partial charge in [-0.3, -0.25) is 9.59 Å². The molecule has 1 N–H and O–H groups in total. The average molecular weight is 313 g/mol. The van der Waals surface area contributed by atoms with E-state index >= 15 is 0 Å². The monoisotopic (exact) mass is 313 g/mol. The number of hydrazone groups is 1. The number of anilines is 1. The molecule has 0 radical (unpaired) electrons. The van der Waals surface area contributed by atoms with Gasteiger partial charge >= 0.3 is 0 Å². The molecule has 3 rings (SSSR count). The van der Waals surface area contributed by atoms with Crippen molar-refractivity contribution in [2.75, 3.05) is 12.4 Å². The molecule has 1 aliphatic rings. The van der Waals surface area contributed by atoms with Gasteiger partial charge in [0.25, 0.3) is 5.91 Å². The molecule has 1 aromatic carbocycles. The summed E-state index contributed by atoms with van der Waals surface area (Å²) in [5.41, 5.74) is 1.73. The summed E-state index contributed by atoms with van der Waals surface area (Å²) < 4.78 is 1.55. The predicted molar refractivity (Wildman–Crippen MR) is 82.3 cm³/mol. The lowest BCUT2D eigenvalue weighted by Gasteiger charge is -2.19. The van der Waals surface area contributed by atoms with Gasteiger partial charge < -0.3 is 5.32 Å². The molecule has 0 atom stereocenters. The summed E-state index contributed by atoms with van der Waals surface area (Å²) in [6.45, 7) is 0. The molecule has 9 heteroatoms. The minimum atomic E-state index is -0.322. The number of rotatable bonds is 3. The average Bonchev–Trinajstić information content (AvgIpc) is 2.96. The lowest BCUT2D eigenvalue weighted by atomic mass is 10.1. The van der Waals surface area contributed by atoms with Crippen molar-refractivity contribution in [1.29, 1.82) is 0 Å². The lowest BCUT2D eigenvalue weighted by Crippen LogP contribution is -2.34. The van der Waals surface area contributed by atoms with Crippen LogP contribution in [0.3, 0.4) is 0 Å². The molecular weight excluding hydrogens is 298 g/mol. The quantitative estimate of drug-likeness (QED) is 0.884. The van der Waals surface area contributed by atoms with Crippen molar-refractivity contribution in [3.05, 3.63) is 24.3 Å². The minimum absolute atomic E-state index is 0.0988. The second kappa shape index (κ2) is 5.95. The van der Waals surface area contributed by atoms with Crippen molar-refractivity contribution in [2.24, 2.45) is 12.1 Å². The maximum Gasteiger partial charge on any atom is 0.271 e. The van der Waals surface area contributed by atoms with Gasteiger partial charge in [-0.1, -0.05) is 12.1 Å². The Hall–Kier alpha value is -3.10. The summed E-state index contributed by atoms with van der Waals surface area (Å²) in [7, 11) is 3.28. The Morgan fingerprint density at radius 2 is 2.09 bits per heavy atom. The van der Waals surface area contributed by atoms with E-state index in [2.05, 4.69) is 25.9 Å². The number of amides is 2. The second-order valence-corrected chi connectivity index (χ2v) is 5.13. The van der Waals surface area contributed by atoms with Gasteiger partial charge in [0, 0.05) is 38.2 Å². The molecule has 0 bridgehead atoms. The van der Waals surface area contributed by atoms with E-state index in [1.807, 2.05) is 6.07 Å². The van der Waals surface area contributed by atoms with Crippen molar-refractivity contribution in [1.82, 2.24) is 25.2 Å². The zero-order valence-electron chi connectivity index (χ0n) is 12.7. The van der Waals surface area contributed by atoms with Crippen LogP contribution in [0, 0.1) is 0 Å². The zero-order valence-corrected chi connectivity index (χ0v) is 12.7. The summed E-state index contributed by atoms with van der Waals surface area (Å²) in [6, 6.07) is 7.20. The van der Waals surface area contributed by atoms with Crippen LogP contribution in [0.1, 0.15) is 12.8 Å². The van der Waals surface area contributed by atoms with E-state index < -0.39 is 0 Å². The van der Waals surface area contributed by atoms with Crippen LogP contribution in [-0.2, 0) is 16.6 Å². The molecule has 118 valence electrons. The fourth-order valence-corrected chi connectivity index (χ4v) is 2.25. The molecule has 9 nitrogen and oxygen atoms in total. The van der Waals surface area contributed by atoms with Gasteiger partial charge in [-0.05, 0) is 22.6 Å². The summed E-state index contributed by atoms with van der Waals surface area (Å²) in [6.07, 6.45) is 0.620. The first-order valence-corrected chi connectivity index (χ1v) is 7.03. The molecule has 0 fully saturated rings. The van der Waals surface area contributed by atoms with Crippen LogP contribution in [-0.4, -0.2) is 49.8 Å². The minimum Gasteiger partial charge on any atom is -0.321 e. The van der Waals surface area contributed by atoms with E-state index in [1.165, 1.54) is 12.1 Å². The van der Waals surface area contributed by atoms with Crippen LogP contribution in [0.15, 0.2) is 29.4 Å². The van der Waals surface area contributed by atoms with Gasteiger partial charge in [-0.2, -0.15) is 5.10 Å². The molecule has 0 unspecified atom stereocenters. The zero-order chi connectivity index (χ0) is 16.4. The smallest absolute Gasteiger partial charge is 0.271 e. The third-order valence-electron chi connectivity index (χ3n) is 3.47. The number of hydrogen-bond acceptors (Lipinski definition) is 6. The molecule has 0 aliphatic carbocycles. The summed E-state index contributed by atoms with van der Waals surface area (Å²) >= 11 is 0. The Balaban J connectivity index is 1.79. The normalized spacial score (nSPS) is 14.6. The Bertz CT molecular complexity index is 796. The molecule has 23 heavy (non-hydrogen) atoms. The third kappa shape index (κ3) is 3.07. The molecule has 2 amide bonds. The molecule has 1 aromatic heterocycles. The van der Waals surface area contributed by atoms with Crippen LogP contribution in [0.2, 0.25) is 0 Å². The maximum absolute atomic E-state index is 12.3. The maximum atomic E-state index is 12.3. The first kappa shape index (κ1) is 14.8. The Kier molecular flexibility index (Phi) is 3.83. The van der Waals surface area contributed by atoms with Crippen molar-refractivity contribution >= 4 is 23.2 Å². The van der Waals surface area contributed by atoms with E-state index in [4.69, 9.17) is 0 Å². The van der Waals surface area contributed by atoms with Crippen LogP contribution in [0.25, 0.3) is 11.4 Å². The molecule has 1 aliphatic heterocycles. The number of benzene rings is 1. The summed E-state index contributed by atoms with van der Waals surface area (Å²) in [4.78, 5) is 23.7. The first-order valence-electron chi connectivity index (χ1n) is 7.03. The first-order chi connectivity index (χ1) is 11.0. The molecule has 0 saturated carbocycles. The number of aromatic nitrogens is 4. The van der Waals surface area contributed by atoms with E-state index in [0.29, 0.717) is 23.6 Å². The Morgan fingerprint density at radius 3 is 2.78 bits per heavy atom.